The Hall–Kier alpha value is -2.63. The zero-order valence-corrected chi connectivity index (χ0v) is 15.3. The topological polar surface area (TPSA) is 54.3 Å². The second-order valence-corrected chi connectivity index (χ2v) is 7.64. The maximum atomic E-state index is 13.3. The van der Waals surface area contributed by atoms with Crippen molar-refractivity contribution in [2.75, 3.05) is 6.54 Å². The van der Waals surface area contributed by atoms with Gasteiger partial charge < -0.3 is 14.8 Å². The highest BCUT2D eigenvalue weighted by Crippen LogP contribution is 2.32. The minimum Gasteiger partial charge on any atom is -0.351 e. The fraction of sp³-hybridized carbons (Fsp3) is 0.400. The number of amides is 2. The number of nitrogens with one attached hydrogen (secondary N) is 1. The Kier molecular flexibility index (Phi) is 4.85. The highest BCUT2D eigenvalue weighted by Gasteiger charge is 2.33. The summed E-state index contributed by atoms with van der Waals surface area (Å²) in [7, 11) is 0. The molecule has 26 heavy (non-hydrogen) atoms. The number of halogens is 1. The minimum atomic E-state index is -0.385. The fourth-order valence-electron chi connectivity index (χ4n) is 3.35. The van der Waals surface area contributed by atoms with Crippen molar-refractivity contribution < 1.29 is 14.0 Å². The van der Waals surface area contributed by atoms with Crippen LogP contribution in [0.15, 0.2) is 42.6 Å². The average Bonchev–Trinajstić information content (AvgIpc) is 3.01. The van der Waals surface area contributed by atoms with Gasteiger partial charge in [0.05, 0.1) is 6.04 Å². The highest BCUT2D eigenvalue weighted by atomic mass is 19.1. The molecule has 2 aromatic rings. The number of aromatic nitrogens is 1. The van der Waals surface area contributed by atoms with Gasteiger partial charge >= 0.3 is 0 Å². The molecule has 0 aliphatic carbocycles. The molecule has 1 aromatic carbocycles. The fourth-order valence-corrected chi connectivity index (χ4v) is 3.35. The summed E-state index contributed by atoms with van der Waals surface area (Å²) in [5.41, 5.74) is 1.41. The summed E-state index contributed by atoms with van der Waals surface area (Å²) in [6.07, 6.45) is 1.77. The molecule has 5 nitrogen and oxygen atoms in total. The first-order valence-corrected chi connectivity index (χ1v) is 8.75. The monoisotopic (exact) mass is 357 g/mol. The van der Waals surface area contributed by atoms with Crippen LogP contribution in [0.2, 0.25) is 0 Å². The molecule has 0 spiro atoms. The molecule has 1 aliphatic rings. The van der Waals surface area contributed by atoms with Crippen molar-refractivity contribution in [2.45, 2.75) is 45.3 Å². The third-order valence-corrected chi connectivity index (χ3v) is 4.37. The van der Waals surface area contributed by atoms with E-state index < -0.39 is 0 Å². The van der Waals surface area contributed by atoms with Crippen LogP contribution in [0.4, 0.5) is 4.39 Å². The number of hydrogen-bond acceptors (Lipinski definition) is 2. The van der Waals surface area contributed by atoms with Crippen LogP contribution < -0.4 is 5.32 Å². The van der Waals surface area contributed by atoms with Crippen LogP contribution in [0.1, 0.15) is 44.5 Å². The first kappa shape index (κ1) is 18.2. The number of hydrogen-bond donors (Lipinski definition) is 1. The van der Waals surface area contributed by atoms with Crippen molar-refractivity contribution >= 4 is 11.8 Å². The van der Waals surface area contributed by atoms with Gasteiger partial charge in [-0.2, -0.15) is 0 Å². The van der Waals surface area contributed by atoms with Crippen LogP contribution >= 0.6 is 0 Å². The van der Waals surface area contributed by atoms with Gasteiger partial charge in [-0.3, -0.25) is 9.59 Å². The van der Waals surface area contributed by atoms with E-state index in [-0.39, 0.29) is 35.6 Å². The lowest BCUT2D eigenvalue weighted by Gasteiger charge is -2.37. The Bertz CT molecular complexity index is 805. The number of fused-ring (bicyclic) bond motifs is 1. The molecule has 2 amide bonds. The average molecular weight is 357 g/mol. The van der Waals surface area contributed by atoms with Gasteiger partial charge in [0.1, 0.15) is 12.2 Å². The van der Waals surface area contributed by atoms with Crippen LogP contribution in [-0.2, 0) is 16.1 Å². The summed E-state index contributed by atoms with van der Waals surface area (Å²) in [4.78, 5) is 26.8. The second-order valence-electron chi connectivity index (χ2n) is 7.64. The standard InChI is InChI=1S/C20H24FN3O2/c1-20(2,3)22-17(25)13-18(26)24-12-11-23-10-4-5-16(23)19(24)14-6-8-15(21)9-7-14/h4-10,19H,11-13H2,1-3H3,(H,22,25)/t19-/m0/s1. The molecular formula is C20H24FN3O2. The Morgan fingerprint density at radius 1 is 1.15 bits per heavy atom. The van der Waals surface area contributed by atoms with E-state index in [1.165, 1.54) is 12.1 Å². The van der Waals surface area contributed by atoms with E-state index in [0.29, 0.717) is 13.1 Å². The Morgan fingerprint density at radius 2 is 1.85 bits per heavy atom. The molecule has 0 radical (unpaired) electrons. The van der Waals surface area contributed by atoms with Gasteiger partial charge in [0.25, 0.3) is 0 Å². The smallest absolute Gasteiger partial charge is 0.232 e. The molecule has 2 heterocycles. The molecule has 1 aromatic heterocycles. The van der Waals surface area contributed by atoms with E-state index in [9.17, 15) is 14.0 Å². The van der Waals surface area contributed by atoms with Gasteiger partial charge in [-0.15, -0.1) is 0 Å². The number of carbonyl (C=O) groups is 2. The summed E-state index contributed by atoms with van der Waals surface area (Å²) in [5.74, 6) is -0.836. The molecule has 6 heteroatoms. The number of benzene rings is 1. The third-order valence-electron chi connectivity index (χ3n) is 4.37. The predicted molar refractivity (Wildman–Crippen MR) is 96.9 cm³/mol. The number of nitrogens with zero attached hydrogens (tertiary/aromatic N) is 2. The lowest BCUT2D eigenvalue weighted by Crippen LogP contribution is -2.46. The van der Waals surface area contributed by atoms with Gasteiger partial charge in [0.2, 0.25) is 11.8 Å². The molecule has 0 saturated heterocycles. The molecule has 3 rings (SSSR count). The lowest BCUT2D eigenvalue weighted by molar-refractivity contribution is -0.138. The van der Waals surface area contributed by atoms with E-state index in [1.54, 1.807) is 17.0 Å². The summed E-state index contributed by atoms with van der Waals surface area (Å²) in [5, 5.41) is 2.82. The summed E-state index contributed by atoms with van der Waals surface area (Å²) >= 11 is 0. The molecule has 0 saturated carbocycles. The highest BCUT2D eigenvalue weighted by molar-refractivity contribution is 5.97. The van der Waals surface area contributed by atoms with Crippen molar-refractivity contribution in [3.8, 4) is 0 Å². The Morgan fingerprint density at radius 3 is 2.50 bits per heavy atom. The van der Waals surface area contributed by atoms with E-state index in [1.807, 2.05) is 39.1 Å². The molecule has 0 bridgehead atoms. The van der Waals surface area contributed by atoms with E-state index >= 15 is 0 Å². The molecule has 138 valence electrons. The zero-order chi connectivity index (χ0) is 18.9. The molecule has 1 atom stereocenters. The molecule has 1 N–H and O–H groups in total. The van der Waals surface area contributed by atoms with Gasteiger partial charge in [-0.05, 0) is 50.6 Å². The molecule has 1 aliphatic heterocycles. The van der Waals surface area contributed by atoms with E-state index in [4.69, 9.17) is 0 Å². The summed E-state index contributed by atoms with van der Waals surface area (Å²) in [6.45, 7) is 6.82. The van der Waals surface area contributed by atoms with Crippen LogP contribution in [0.3, 0.4) is 0 Å². The minimum absolute atomic E-state index is 0.199. The second kappa shape index (κ2) is 6.94. The maximum absolute atomic E-state index is 13.3. The SMILES string of the molecule is CC(C)(C)NC(=O)CC(=O)N1CCn2cccc2[C@@H]1c1ccc(F)cc1. The van der Waals surface area contributed by atoms with Crippen LogP contribution in [0.5, 0.6) is 0 Å². The first-order valence-electron chi connectivity index (χ1n) is 8.75. The van der Waals surface area contributed by atoms with Gasteiger partial charge in [-0.1, -0.05) is 12.1 Å². The molecule has 0 unspecified atom stereocenters. The maximum Gasteiger partial charge on any atom is 0.232 e. The van der Waals surface area contributed by atoms with Crippen molar-refractivity contribution in [2.24, 2.45) is 0 Å². The van der Waals surface area contributed by atoms with Crippen molar-refractivity contribution in [3.63, 3.8) is 0 Å². The quantitative estimate of drug-likeness (QED) is 0.859. The van der Waals surface area contributed by atoms with Crippen LogP contribution in [0.25, 0.3) is 0 Å². The summed E-state index contributed by atoms with van der Waals surface area (Å²) in [6, 6.07) is 9.75. The Balaban J connectivity index is 1.86. The normalized spacial score (nSPS) is 16.9. The molecular weight excluding hydrogens is 333 g/mol. The predicted octanol–water partition coefficient (Wildman–Crippen LogP) is 2.86. The van der Waals surface area contributed by atoms with Crippen molar-refractivity contribution in [3.05, 3.63) is 59.7 Å². The lowest BCUT2D eigenvalue weighted by atomic mass is 9.99. The number of carbonyl (C=O) groups excluding carboxylic acids is 2. The van der Waals surface area contributed by atoms with Gasteiger partial charge in [0, 0.05) is 30.5 Å². The van der Waals surface area contributed by atoms with E-state index in [2.05, 4.69) is 9.88 Å². The van der Waals surface area contributed by atoms with Crippen LogP contribution in [-0.4, -0.2) is 33.4 Å². The van der Waals surface area contributed by atoms with Crippen molar-refractivity contribution in [1.29, 1.82) is 0 Å². The Labute approximate surface area is 152 Å². The largest absolute Gasteiger partial charge is 0.351 e. The third kappa shape index (κ3) is 3.95. The number of rotatable bonds is 3. The van der Waals surface area contributed by atoms with Gasteiger partial charge in [-0.25, -0.2) is 4.39 Å². The molecule has 0 fully saturated rings. The van der Waals surface area contributed by atoms with E-state index in [0.717, 1.165) is 11.3 Å². The zero-order valence-electron chi connectivity index (χ0n) is 15.3. The van der Waals surface area contributed by atoms with Gasteiger partial charge in [0.15, 0.2) is 0 Å². The first-order chi connectivity index (χ1) is 12.2. The van der Waals surface area contributed by atoms with Crippen molar-refractivity contribution in [1.82, 2.24) is 14.8 Å². The summed E-state index contributed by atoms with van der Waals surface area (Å²) < 4.78 is 15.4. The van der Waals surface area contributed by atoms with Crippen LogP contribution in [0, 0.1) is 5.82 Å².